The van der Waals surface area contributed by atoms with E-state index in [1.54, 1.807) is 13.0 Å². The molecule has 0 saturated carbocycles. The molecule has 3 nitrogen and oxygen atoms in total. The normalized spacial score (nSPS) is 21.2. The summed E-state index contributed by atoms with van der Waals surface area (Å²) in [5.74, 6) is -0.438. The Morgan fingerprint density at radius 2 is 2.29 bits per heavy atom. The lowest BCUT2D eigenvalue weighted by atomic mass is 9.91. The van der Waals surface area contributed by atoms with Gasteiger partial charge in [-0.05, 0) is 62.8 Å². The lowest BCUT2D eigenvalue weighted by Gasteiger charge is -2.37. The number of likely N-dealkylation sites (tertiary alicyclic amines) is 1. The van der Waals surface area contributed by atoms with Crippen LogP contribution in [0.15, 0.2) is 18.2 Å². The van der Waals surface area contributed by atoms with Gasteiger partial charge in [-0.1, -0.05) is 12.1 Å². The van der Waals surface area contributed by atoms with E-state index in [1.807, 2.05) is 12.1 Å². The van der Waals surface area contributed by atoms with Crippen molar-refractivity contribution in [2.24, 2.45) is 5.92 Å². The van der Waals surface area contributed by atoms with Gasteiger partial charge in [-0.15, -0.1) is 0 Å². The number of carboxylic acid groups (broad SMARTS) is 1. The molecule has 1 saturated heterocycles. The smallest absolute Gasteiger partial charge is 0.303 e. The maximum atomic E-state index is 13.7. The molecule has 0 bridgehead atoms. The topological polar surface area (TPSA) is 40.5 Å². The molecular formula is C17H24FNO2. The fraction of sp³-hybridized carbons (Fsp3) is 0.588. The highest BCUT2D eigenvalue weighted by Crippen LogP contribution is 2.29. The van der Waals surface area contributed by atoms with E-state index in [9.17, 15) is 9.18 Å². The number of hydrogen-bond donors (Lipinski definition) is 1. The molecule has 0 radical (unpaired) electrons. The number of halogens is 1. The average Bonchev–Trinajstić information content (AvgIpc) is 2.47. The Kier molecular flexibility index (Phi) is 5.34. The van der Waals surface area contributed by atoms with E-state index in [0.29, 0.717) is 11.5 Å². The zero-order valence-electron chi connectivity index (χ0n) is 12.8. The van der Waals surface area contributed by atoms with Crippen LogP contribution in [0.1, 0.15) is 49.8 Å². The number of carbonyl (C=O) groups is 1. The van der Waals surface area contributed by atoms with Crippen molar-refractivity contribution in [1.82, 2.24) is 4.90 Å². The molecule has 1 aliphatic heterocycles. The second-order valence-electron chi connectivity index (χ2n) is 6.12. The Labute approximate surface area is 125 Å². The lowest BCUT2D eigenvalue weighted by molar-refractivity contribution is -0.137. The summed E-state index contributed by atoms with van der Waals surface area (Å²) in [7, 11) is 0. The zero-order valence-corrected chi connectivity index (χ0v) is 12.8. The molecule has 21 heavy (non-hydrogen) atoms. The van der Waals surface area contributed by atoms with Gasteiger partial charge in [0, 0.05) is 19.0 Å². The van der Waals surface area contributed by atoms with Gasteiger partial charge in [0.25, 0.3) is 0 Å². The van der Waals surface area contributed by atoms with Crippen LogP contribution >= 0.6 is 0 Å². The van der Waals surface area contributed by atoms with Crippen LogP contribution < -0.4 is 0 Å². The van der Waals surface area contributed by atoms with Gasteiger partial charge in [-0.2, -0.15) is 0 Å². The molecule has 0 aromatic heterocycles. The average molecular weight is 293 g/mol. The monoisotopic (exact) mass is 293 g/mol. The Bertz CT molecular complexity index is 504. The highest BCUT2D eigenvalue weighted by Gasteiger charge is 2.25. The van der Waals surface area contributed by atoms with Gasteiger partial charge in [-0.25, -0.2) is 4.39 Å². The first kappa shape index (κ1) is 16.0. The number of hydrogen-bond acceptors (Lipinski definition) is 2. The minimum absolute atomic E-state index is 0.154. The fourth-order valence-corrected chi connectivity index (χ4v) is 3.09. The van der Waals surface area contributed by atoms with E-state index in [1.165, 1.54) is 0 Å². The van der Waals surface area contributed by atoms with Crippen LogP contribution in [0.3, 0.4) is 0 Å². The minimum Gasteiger partial charge on any atom is -0.481 e. The third-order valence-electron chi connectivity index (χ3n) is 4.54. The van der Waals surface area contributed by atoms with Crippen molar-refractivity contribution in [2.45, 2.75) is 45.6 Å². The summed E-state index contributed by atoms with van der Waals surface area (Å²) in [5.41, 5.74) is 1.67. The summed E-state index contributed by atoms with van der Waals surface area (Å²) < 4.78 is 13.7. The van der Waals surface area contributed by atoms with Crippen molar-refractivity contribution in [3.63, 3.8) is 0 Å². The second kappa shape index (κ2) is 7.03. The summed E-state index contributed by atoms with van der Waals surface area (Å²) >= 11 is 0. The number of aryl methyl sites for hydroxylation is 1. The van der Waals surface area contributed by atoms with E-state index in [2.05, 4.69) is 11.8 Å². The molecule has 0 spiro atoms. The van der Waals surface area contributed by atoms with Gasteiger partial charge in [0.05, 0.1) is 0 Å². The molecule has 1 fully saturated rings. The molecular weight excluding hydrogens is 269 g/mol. The van der Waals surface area contributed by atoms with Gasteiger partial charge >= 0.3 is 5.97 Å². The number of benzene rings is 1. The molecule has 1 aromatic rings. The third kappa shape index (κ3) is 4.27. The molecule has 4 heteroatoms. The minimum atomic E-state index is -0.722. The van der Waals surface area contributed by atoms with Gasteiger partial charge < -0.3 is 5.11 Å². The van der Waals surface area contributed by atoms with Crippen molar-refractivity contribution in [1.29, 1.82) is 0 Å². The Balaban J connectivity index is 1.99. The summed E-state index contributed by atoms with van der Waals surface area (Å²) in [5, 5.41) is 8.80. The summed E-state index contributed by atoms with van der Waals surface area (Å²) in [6.07, 6.45) is 3.16. The molecule has 116 valence electrons. The standard InChI is InChI=1S/C17H24FNO2/c1-12-5-7-15(10-16(12)18)13(2)19-9-3-4-14(11-19)6-8-17(20)21/h5,7,10,13-14H,3-4,6,8-9,11H2,1-2H3,(H,20,21). The molecule has 1 N–H and O–H groups in total. The first-order chi connectivity index (χ1) is 9.97. The van der Waals surface area contributed by atoms with Crippen molar-refractivity contribution < 1.29 is 14.3 Å². The zero-order chi connectivity index (χ0) is 15.4. The molecule has 0 amide bonds. The Morgan fingerprint density at radius 3 is 2.95 bits per heavy atom. The van der Waals surface area contributed by atoms with E-state index in [4.69, 9.17) is 5.11 Å². The Morgan fingerprint density at radius 1 is 1.52 bits per heavy atom. The van der Waals surface area contributed by atoms with Crippen LogP contribution in [0.4, 0.5) is 4.39 Å². The summed E-state index contributed by atoms with van der Waals surface area (Å²) in [6.45, 7) is 5.78. The van der Waals surface area contributed by atoms with Gasteiger partial charge in [0.15, 0.2) is 0 Å². The van der Waals surface area contributed by atoms with Crippen molar-refractivity contribution in [2.75, 3.05) is 13.1 Å². The summed E-state index contributed by atoms with van der Waals surface area (Å²) in [4.78, 5) is 13.0. The van der Waals surface area contributed by atoms with Crippen molar-refractivity contribution in [3.05, 3.63) is 35.1 Å². The maximum absolute atomic E-state index is 13.7. The molecule has 2 atom stereocenters. The van der Waals surface area contributed by atoms with E-state index in [-0.39, 0.29) is 18.3 Å². The molecule has 1 aromatic carbocycles. The van der Waals surface area contributed by atoms with Crippen LogP contribution in [-0.2, 0) is 4.79 Å². The number of nitrogens with zero attached hydrogens (tertiary/aromatic N) is 1. The van der Waals surface area contributed by atoms with Crippen LogP contribution in [0, 0.1) is 18.7 Å². The SMILES string of the molecule is Cc1ccc(C(C)N2CCCC(CCC(=O)O)C2)cc1F. The van der Waals surface area contributed by atoms with Crippen molar-refractivity contribution in [3.8, 4) is 0 Å². The van der Waals surface area contributed by atoms with E-state index < -0.39 is 5.97 Å². The number of aliphatic carboxylic acids is 1. The van der Waals surface area contributed by atoms with E-state index in [0.717, 1.165) is 37.9 Å². The molecule has 1 heterocycles. The summed E-state index contributed by atoms with van der Waals surface area (Å²) in [6, 6.07) is 5.62. The second-order valence-corrected chi connectivity index (χ2v) is 6.12. The predicted molar refractivity (Wildman–Crippen MR) is 80.7 cm³/mol. The quantitative estimate of drug-likeness (QED) is 0.898. The van der Waals surface area contributed by atoms with E-state index >= 15 is 0 Å². The van der Waals surface area contributed by atoms with Crippen molar-refractivity contribution >= 4 is 5.97 Å². The number of piperidine rings is 1. The molecule has 0 aliphatic carbocycles. The van der Waals surface area contributed by atoms with Crippen LogP contribution in [-0.4, -0.2) is 29.1 Å². The third-order valence-corrected chi connectivity index (χ3v) is 4.54. The van der Waals surface area contributed by atoms with Gasteiger partial charge in [-0.3, -0.25) is 9.69 Å². The molecule has 2 rings (SSSR count). The Hall–Kier alpha value is -1.42. The highest BCUT2D eigenvalue weighted by atomic mass is 19.1. The lowest BCUT2D eigenvalue weighted by Crippen LogP contribution is -2.37. The van der Waals surface area contributed by atoms with Crippen LogP contribution in [0.5, 0.6) is 0 Å². The number of rotatable bonds is 5. The fourth-order valence-electron chi connectivity index (χ4n) is 3.09. The first-order valence-corrected chi connectivity index (χ1v) is 7.69. The molecule has 2 unspecified atom stereocenters. The highest BCUT2D eigenvalue weighted by molar-refractivity contribution is 5.66. The van der Waals surface area contributed by atoms with Crippen LogP contribution in [0.25, 0.3) is 0 Å². The predicted octanol–water partition coefficient (Wildman–Crippen LogP) is 3.77. The molecule has 1 aliphatic rings. The van der Waals surface area contributed by atoms with Gasteiger partial charge in [0.2, 0.25) is 0 Å². The first-order valence-electron chi connectivity index (χ1n) is 7.69. The maximum Gasteiger partial charge on any atom is 0.303 e. The van der Waals surface area contributed by atoms with Crippen LogP contribution in [0.2, 0.25) is 0 Å². The largest absolute Gasteiger partial charge is 0.481 e. The number of carboxylic acids is 1. The van der Waals surface area contributed by atoms with Gasteiger partial charge in [0.1, 0.15) is 5.82 Å².